The number of nitrogens with zero attached hydrogens (tertiary/aromatic N) is 2. The van der Waals surface area contributed by atoms with Gasteiger partial charge in [-0.3, -0.25) is 0 Å². The van der Waals surface area contributed by atoms with E-state index in [0.717, 1.165) is 39.3 Å². The molecule has 0 unspecified atom stereocenters. The minimum Gasteiger partial charge on any atom is -0.309 e. The predicted molar refractivity (Wildman–Crippen MR) is 235 cm³/mol. The molecule has 11 rings (SSSR count). The minimum atomic E-state index is -0.0928. The highest BCUT2D eigenvalue weighted by atomic mass is 15.0. The molecule has 0 N–H and O–H groups in total. The van der Waals surface area contributed by atoms with Crippen molar-refractivity contribution in [2.45, 2.75) is 19.3 Å². The van der Waals surface area contributed by atoms with E-state index in [0.29, 0.717) is 0 Å². The number of benzene rings is 8. The van der Waals surface area contributed by atoms with Gasteiger partial charge in [-0.2, -0.15) is 0 Å². The summed E-state index contributed by atoms with van der Waals surface area (Å²) in [5, 5.41) is 5.14. The second kappa shape index (κ2) is 12.5. The molecular formula is C54H38N2. The summed E-state index contributed by atoms with van der Waals surface area (Å²) >= 11 is 0. The Morgan fingerprint density at radius 1 is 0.411 bits per heavy atom. The third-order valence-corrected chi connectivity index (χ3v) is 12.0. The normalized spacial score (nSPS) is 13.0. The van der Waals surface area contributed by atoms with E-state index in [1.807, 2.05) is 0 Å². The quantitative estimate of drug-likeness (QED) is 0.174. The van der Waals surface area contributed by atoms with Crippen molar-refractivity contribution >= 4 is 32.6 Å². The molecule has 0 atom stereocenters. The second-order valence-electron chi connectivity index (χ2n) is 15.6. The first-order chi connectivity index (χ1) is 27.5. The number of hydrogen-bond acceptors (Lipinski definition) is 1. The number of rotatable bonds is 5. The first-order valence-electron chi connectivity index (χ1n) is 19.5. The van der Waals surface area contributed by atoms with Crippen molar-refractivity contribution in [2.24, 2.45) is 0 Å². The molecule has 0 bridgehead atoms. The Hall–Kier alpha value is -7.03. The molecule has 8 aromatic carbocycles. The first kappa shape index (κ1) is 32.4. The maximum atomic E-state index is 5.25. The lowest BCUT2D eigenvalue weighted by atomic mass is 9.79. The Morgan fingerprint density at radius 3 is 1.64 bits per heavy atom. The molecule has 0 amide bonds. The predicted octanol–water partition coefficient (Wildman–Crippen LogP) is 14.3. The van der Waals surface area contributed by atoms with Crippen LogP contribution in [0.25, 0.3) is 94.2 Å². The zero-order valence-corrected chi connectivity index (χ0v) is 31.4. The van der Waals surface area contributed by atoms with Gasteiger partial charge in [0.25, 0.3) is 0 Å². The number of hydrogen-bond donors (Lipinski definition) is 0. The average molecular weight is 715 g/mol. The van der Waals surface area contributed by atoms with Crippen LogP contribution in [0.3, 0.4) is 0 Å². The van der Waals surface area contributed by atoms with Gasteiger partial charge in [-0.15, -0.1) is 0 Å². The molecule has 0 radical (unpaired) electrons. The lowest BCUT2D eigenvalue weighted by molar-refractivity contribution is 0.666. The van der Waals surface area contributed by atoms with E-state index in [2.05, 4.69) is 213 Å². The molecule has 1 aliphatic rings. The van der Waals surface area contributed by atoms with Crippen LogP contribution < -0.4 is 0 Å². The van der Waals surface area contributed by atoms with Crippen LogP contribution in [0, 0.1) is 0 Å². The van der Waals surface area contributed by atoms with Crippen molar-refractivity contribution in [3.8, 4) is 61.6 Å². The molecule has 1 aliphatic carbocycles. The Balaban J connectivity index is 1.02. The summed E-state index contributed by atoms with van der Waals surface area (Å²) in [5.41, 5.74) is 17.9. The van der Waals surface area contributed by atoms with Gasteiger partial charge in [0.15, 0.2) is 0 Å². The van der Waals surface area contributed by atoms with Crippen molar-refractivity contribution < 1.29 is 0 Å². The molecule has 10 aromatic rings. The smallest absolute Gasteiger partial charge is 0.0715 e. The standard InChI is InChI=1S/C54H38N2/c1-54(2)47-21-11-8-20-45(47)52-46(32-39-16-6-7-17-42(39)53(52)54)36-26-24-35(25-27-36)40-33-48(37-14-4-3-5-15-37)55-49(34-40)38-28-30-41(31-29-38)56-50-22-12-9-18-43(50)44-19-10-13-23-51(44)56/h3-34H,1-2H3. The molecule has 0 saturated carbocycles. The largest absolute Gasteiger partial charge is 0.309 e. The van der Waals surface area contributed by atoms with Crippen LogP contribution in [-0.4, -0.2) is 9.55 Å². The summed E-state index contributed by atoms with van der Waals surface area (Å²) in [6, 6.07) is 70.5. The third kappa shape index (κ3) is 4.99. The van der Waals surface area contributed by atoms with E-state index >= 15 is 0 Å². The third-order valence-electron chi connectivity index (χ3n) is 12.0. The van der Waals surface area contributed by atoms with Gasteiger partial charge >= 0.3 is 0 Å². The fourth-order valence-electron chi connectivity index (χ4n) is 9.31. The van der Waals surface area contributed by atoms with E-state index in [1.54, 1.807) is 0 Å². The van der Waals surface area contributed by atoms with E-state index in [-0.39, 0.29) is 5.41 Å². The van der Waals surface area contributed by atoms with E-state index in [9.17, 15) is 0 Å². The average Bonchev–Trinajstić information content (AvgIpc) is 3.72. The van der Waals surface area contributed by atoms with Gasteiger partial charge in [0.1, 0.15) is 0 Å². The lowest BCUT2D eigenvalue weighted by Crippen LogP contribution is -2.15. The molecule has 2 aromatic heterocycles. The van der Waals surface area contributed by atoms with Crippen molar-refractivity contribution in [1.29, 1.82) is 0 Å². The van der Waals surface area contributed by atoms with Crippen LogP contribution in [0.2, 0.25) is 0 Å². The van der Waals surface area contributed by atoms with Gasteiger partial charge in [-0.1, -0.05) is 166 Å². The summed E-state index contributed by atoms with van der Waals surface area (Å²) in [4.78, 5) is 5.25. The monoisotopic (exact) mass is 714 g/mol. The van der Waals surface area contributed by atoms with E-state index < -0.39 is 0 Å². The van der Waals surface area contributed by atoms with Gasteiger partial charge in [-0.25, -0.2) is 4.98 Å². The molecule has 2 heterocycles. The molecule has 2 nitrogen and oxygen atoms in total. The maximum Gasteiger partial charge on any atom is 0.0715 e. The van der Waals surface area contributed by atoms with Gasteiger partial charge in [0, 0.05) is 33.0 Å². The molecule has 0 fully saturated rings. The van der Waals surface area contributed by atoms with Gasteiger partial charge in [0.05, 0.1) is 22.4 Å². The van der Waals surface area contributed by atoms with Crippen LogP contribution in [-0.2, 0) is 5.41 Å². The Morgan fingerprint density at radius 2 is 0.946 bits per heavy atom. The summed E-state index contributed by atoms with van der Waals surface area (Å²) in [7, 11) is 0. The number of para-hydroxylation sites is 2. The van der Waals surface area contributed by atoms with Crippen LogP contribution in [0.15, 0.2) is 194 Å². The SMILES string of the molecule is CC1(C)c2ccccc2-c2c(-c3ccc(-c4cc(-c5ccccc5)nc(-c5ccc(-n6c7ccccc7c7ccccc76)cc5)c4)cc3)cc3ccccc3c21. The highest BCUT2D eigenvalue weighted by molar-refractivity contribution is 6.09. The number of fused-ring (bicyclic) bond motifs is 8. The van der Waals surface area contributed by atoms with Crippen molar-refractivity contribution in [3.63, 3.8) is 0 Å². The fourth-order valence-corrected chi connectivity index (χ4v) is 9.31. The highest BCUT2D eigenvalue weighted by Crippen LogP contribution is 2.54. The van der Waals surface area contributed by atoms with Crippen LogP contribution in [0.4, 0.5) is 0 Å². The van der Waals surface area contributed by atoms with Crippen LogP contribution in [0.5, 0.6) is 0 Å². The summed E-state index contributed by atoms with van der Waals surface area (Å²) < 4.78 is 2.36. The molecule has 264 valence electrons. The van der Waals surface area contributed by atoms with Crippen molar-refractivity contribution in [3.05, 3.63) is 205 Å². The zero-order chi connectivity index (χ0) is 37.4. The minimum absolute atomic E-state index is 0.0928. The number of pyridine rings is 1. The maximum absolute atomic E-state index is 5.25. The van der Waals surface area contributed by atoms with E-state index in [4.69, 9.17) is 4.98 Å². The second-order valence-corrected chi connectivity index (χ2v) is 15.6. The summed E-state index contributed by atoms with van der Waals surface area (Å²) in [5.74, 6) is 0. The lowest BCUT2D eigenvalue weighted by Gasteiger charge is -2.24. The van der Waals surface area contributed by atoms with E-state index in [1.165, 1.54) is 66.0 Å². The van der Waals surface area contributed by atoms with Crippen LogP contribution in [0.1, 0.15) is 25.0 Å². The highest BCUT2D eigenvalue weighted by Gasteiger charge is 2.38. The Labute approximate surface area is 327 Å². The van der Waals surface area contributed by atoms with Gasteiger partial charge in [-0.05, 0) is 97.7 Å². The molecule has 0 spiro atoms. The first-order valence-corrected chi connectivity index (χ1v) is 19.5. The topological polar surface area (TPSA) is 17.8 Å². The zero-order valence-electron chi connectivity index (χ0n) is 31.4. The van der Waals surface area contributed by atoms with Gasteiger partial charge in [0.2, 0.25) is 0 Å². The summed E-state index contributed by atoms with van der Waals surface area (Å²) in [6.07, 6.45) is 0. The molecule has 2 heteroatoms. The molecule has 0 saturated heterocycles. The molecular weight excluding hydrogens is 677 g/mol. The van der Waals surface area contributed by atoms with Crippen molar-refractivity contribution in [2.75, 3.05) is 0 Å². The fraction of sp³-hybridized carbons (Fsp3) is 0.0556. The molecule has 56 heavy (non-hydrogen) atoms. The van der Waals surface area contributed by atoms with Crippen molar-refractivity contribution in [1.82, 2.24) is 9.55 Å². The Kier molecular flexibility index (Phi) is 7.24. The Bertz CT molecular complexity index is 3080. The van der Waals surface area contributed by atoms with Crippen LogP contribution >= 0.6 is 0 Å². The number of aromatic nitrogens is 2. The molecule has 0 aliphatic heterocycles. The summed E-state index contributed by atoms with van der Waals surface area (Å²) in [6.45, 7) is 4.75. The van der Waals surface area contributed by atoms with Gasteiger partial charge < -0.3 is 4.57 Å².